The topological polar surface area (TPSA) is 24.4 Å². The van der Waals surface area contributed by atoms with E-state index in [1.165, 1.54) is 10.8 Å². The zero-order valence-electron chi connectivity index (χ0n) is 8.40. The molecule has 0 spiro atoms. The molecule has 3 rings (SSSR count). The second-order valence-electron chi connectivity index (χ2n) is 3.50. The fourth-order valence-electron chi connectivity index (χ4n) is 1.91. The Morgan fingerprint density at radius 3 is 2.62 bits per heavy atom. The van der Waals surface area contributed by atoms with Gasteiger partial charge in [-0.15, -0.1) is 24.0 Å². The van der Waals surface area contributed by atoms with Crippen LogP contribution < -0.4 is 5.32 Å². The fourth-order valence-corrected chi connectivity index (χ4v) is 2.04. The highest BCUT2D eigenvalue weighted by atomic mass is 35.5. The molecule has 82 valence electrons. The summed E-state index contributed by atoms with van der Waals surface area (Å²) in [6, 6.07) is 12.3. The summed E-state index contributed by atoms with van der Waals surface area (Å²) in [7, 11) is 0. The molecule has 2 aromatic rings. The lowest BCUT2D eigenvalue weighted by Crippen LogP contribution is -2.15. The summed E-state index contributed by atoms with van der Waals surface area (Å²) in [5.41, 5.74) is 2.09. The van der Waals surface area contributed by atoms with Crippen LogP contribution in [-0.2, 0) is 0 Å². The number of benzene rings is 2. The van der Waals surface area contributed by atoms with E-state index in [0.29, 0.717) is 5.88 Å². The normalized spacial score (nSPS) is 12.7. The molecule has 0 fully saturated rings. The lowest BCUT2D eigenvalue weighted by Gasteiger charge is -2.17. The molecule has 0 bridgehead atoms. The maximum Gasteiger partial charge on any atom is 0.122 e. The van der Waals surface area contributed by atoms with Gasteiger partial charge in [0.05, 0.1) is 11.6 Å². The third kappa shape index (κ3) is 1.64. The molecular weight excluding hydrogens is 243 g/mol. The van der Waals surface area contributed by atoms with E-state index in [-0.39, 0.29) is 12.4 Å². The average molecular weight is 253 g/mol. The van der Waals surface area contributed by atoms with Crippen LogP contribution >= 0.6 is 24.0 Å². The van der Waals surface area contributed by atoms with Crippen molar-refractivity contribution in [1.82, 2.24) is 0 Å². The molecule has 1 N–H and O–H groups in total. The summed E-state index contributed by atoms with van der Waals surface area (Å²) in [5.74, 6) is 1.22. The Kier molecular flexibility index (Phi) is 3.03. The Bertz CT molecular complexity index is 559. The quantitative estimate of drug-likeness (QED) is 0.764. The summed E-state index contributed by atoms with van der Waals surface area (Å²) in [6.45, 7) is 0. The molecule has 0 radical (unpaired) electrons. The summed E-state index contributed by atoms with van der Waals surface area (Å²) >= 11 is 5.79. The SMILES string of the molecule is Cl.ClCC1=Nc2cccc3cccc(c23)N1. The van der Waals surface area contributed by atoms with Crippen LogP contribution in [0.3, 0.4) is 0 Å². The molecule has 2 aromatic carbocycles. The number of amidine groups is 1. The highest BCUT2D eigenvalue weighted by Crippen LogP contribution is 2.35. The minimum absolute atomic E-state index is 0. The second kappa shape index (κ2) is 4.32. The van der Waals surface area contributed by atoms with Crippen molar-refractivity contribution in [3.8, 4) is 0 Å². The largest absolute Gasteiger partial charge is 0.342 e. The molecule has 16 heavy (non-hydrogen) atoms. The third-order valence-corrected chi connectivity index (χ3v) is 2.80. The molecule has 1 aliphatic rings. The maximum atomic E-state index is 5.79. The summed E-state index contributed by atoms with van der Waals surface area (Å²) in [4.78, 5) is 4.46. The van der Waals surface area contributed by atoms with Crippen molar-refractivity contribution in [2.24, 2.45) is 4.99 Å². The third-order valence-electron chi connectivity index (χ3n) is 2.54. The van der Waals surface area contributed by atoms with Crippen molar-refractivity contribution < 1.29 is 0 Å². The van der Waals surface area contributed by atoms with Crippen molar-refractivity contribution in [3.63, 3.8) is 0 Å². The highest BCUT2D eigenvalue weighted by molar-refractivity contribution is 6.32. The van der Waals surface area contributed by atoms with Gasteiger partial charge < -0.3 is 5.32 Å². The van der Waals surface area contributed by atoms with Gasteiger partial charge >= 0.3 is 0 Å². The van der Waals surface area contributed by atoms with Crippen LogP contribution in [0.15, 0.2) is 41.4 Å². The van der Waals surface area contributed by atoms with Crippen molar-refractivity contribution in [1.29, 1.82) is 0 Å². The molecule has 0 aliphatic carbocycles. The van der Waals surface area contributed by atoms with Crippen molar-refractivity contribution >= 4 is 52.0 Å². The van der Waals surface area contributed by atoms with E-state index >= 15 is 0 Å². The number of hydrogen-bond acceptors (Lipinski definition) is 2. The van der Waals surface area contributed by atoms with Gasteiger partial charge in [0.2, 0.25) is 0 Å². The summed E-state index contributed by atoms with van der Waals surface area (Å²) < 4.78 is 0. The van der Waals surface area contributed by atoms with Crippen LogP contribution in [0.2, 0.25) is 0 Å². The Morgan fingerprint density at radius 2 is 1.88 bits per heavy atom. The standard InChI is InChI=1S/C12H9ClN2.ClH/c13-7-11-14-9-5-1-3-8-4-2-6-10(15-11)12(8)9;/h1-6H,7H2,(H,14,15);1H. The molecule has 4 heteroatoms. The molecule has 0 saturated carbocycles. The van der Waals surface area contributed by atoms with Gasteiger partial charge in [-0.2, -0.15) is 0 Å². The lowest BCUT2D eigenvalue weighted by molar-refractivity contribution is 1.46. The van der Waals surface area contributed by atoms with Gasteiger partial charge in [0, 0.05) is 11.1 Å². The minimum atomic E-state index is 0. The zero-order valence-corrected chi connectivity index (χ0v) is 9.98. The second-order valence-corrected chi connectivity index (χ2v) is 3.77. The fraction of sp³-hybridized carbons (Fsp3) is 0.0833. The first-order valence-electron chi connectivity index (χ1n) is 4.81. The molecule has 1 heterocycles. The monoisotopic (exact) mass is 252 g/mol. The van der Waals surface area contributed by atoms with E-state index in [1.54, 1.807) is 0 Å². The van der Waals surface area contributed by atoms with Crippen LogP contribution in [0.1, 0.15) is 0 Å². The van der Waals surface area contributed by atoms with Crippen molar-refractivity contribution in [2.45, 2.75) is 0 Å². The predicted octanol–water partition coefficient (Wildman–Crippen LogP) is 3.96. The molecule has 0 aromatic heterocycles. The molecule has 0 saturated heterocycles. The first kappa shape index (κ1) is 11.2. The molecule has 0 amide bonds. The molecule has 2 nitrogen and oxygen atoms in total. The Labute approximate surface area is 105 Å². The number of nitrogens with zero attached hydrogens (tertiary/aromatic N) is 1. The number of hydrogen-bond donors (Lipinski definition) is 1. The zero-order chi connectivity index (χ0) is 10.3. The molecule has 1 aliphatic heterocycles. The average Bonchev–Trinajstić information content (AvgIpc) is 2.29. The number of rotatable bonds is 1. The number of nitrogens with one attached hydrogen (secondary N) is 1. The first-order valence-corrected chi connectivity index (χ1v) is 5.34. The Balaban J connectivity index is 0.000000963. The summed E-state index contributed by atoms with van der Waals surface area (Å²) in [6.07, 6.45) is 0. The Morgan fingerprint density at radius 1 is 1.12 bits per heavy atom. The highest BCUT2D eigenvalue weighted by Gasteiger charge is 2.12. The van der Waals surface area contributed by atoms with Crippen LogP contribution in [0.5, 0.6) is 0 Å². The lowest BCUT2D eigenvalue weighted by atomic mass is 10.1. The van der Waals surface area contributed by atoms with Crippen LogP contribution in [0.4, 0.5) is 11.4 Å². The van der Waals surface area contributed by atoms with E-state index in [9.17, 15) is 0 Å². The first-order chi connectivity index (χ1) is 7.38. The van der Waals surface area contributed by atoms with Gasteiger partial charge in [0.15, 0.2) is 0 Å². The van der Waals surface area contributed by atoms with E-state index in [4.69, 9.17) is 11.6 Å². The number of alkyl halides is 1. The smallest absolute Gasteiger partial charge is 0.122 e. The van der Waals surface area contributed by atoms with Crippen LogP contribution in [0, 0.1) is 0 Å². The van der Waals surface area contributed by atoms with E-state index in [2.05, 4.69) is 22.4 Å². The Hall–Kier alpha value is -1.25. The van der Waals surface area contributed by atoms with Gasteiger partial charge in [-0.05, 0) is 17.5 Å². The predicted molar refractivity (Wildman–Crippen MR) is 72.6 cm³/mol. The van der Waals surface area contributed by atoms with Gasteiger partial charge in [-0.3, -0.25) is 0 Å². The van der Waals surface area contributed by atoms with E-state index < -0.39 is 0 Å². The van der Waals surface area contributed by atoms with Crippen molar-refractivity contribution in [3.05, 3.63) is 36.4 Å². The number of halogens is 2. The van der Waals surface area contributed by atoms with Crippen LogP contribution in [0.25, 0.3) is 10.8 Å². The van der Waals surface area contributed by atoms with Crippen LogP contribution in [-0.4, -0.2) is 11.7 Å². The number of aliphatic imine (C=N–C) groups is 1. The number of anilines is 1. The van der Waals surface area contributed by atoms with Crippen molar-refractivity contribution in [2.75, 3.05) is 11.2 Å². The maximum absolute atomic E-state index is 5.79. The van der Waals surface area contributed by atoms with Gasteiger partial charge in [-0.1, -0.05) is 24.3 Å². The van der Waals surface area contributed by atoms with Gasteiger partial charge in [-0.25, -0.2) is 4.99 Å². The molecular formula is C12H10Cl2N2. The van der Waals surface area contributed by atoms with Gasteiger partial charge in [0.1, 0.15) is 5.84 Å². The van der Waals surface area contributed by atoms with Gasteiger partial charge in [0.25, 0.3) is 0 Å². The van der Waals surface area contributed by atoms with E-state index in [1.807, 2.05) is 24.3 Å². The minimum Gasteiger partial charge on any atom is -0.342 e. The molecule has 0 unspecified atom stereocenters. The molecule has 0 atom stereocenters. The summed E-state index contributed by atoms with van der Waals surface area (Å²) in [5, 5.41) is 5.61. The van der Waals surface area contributed by atoms with E-state index in [0.717, 1.165) is 17.2 Å².